The molecule has 1 N–H and O–H groups in total. The van der Waals surface area contributed by atoms with Crippen molar-refractivity contribution in [1.29, 1.82) is 0 Å². The van der Waals surface area contributed by atoms with E-state index in [4.69, 9.17) is 0 Å². The van der Waals surface area contributed by atoms with E-state index < -0.39 is 25.1 Å². The van der Waals surface area contributed by atoms with Crippen molar-refractivity contribution in [2.45, 2.75) is 57.5 Å². The molecular formula is C17H33NSi3. The van der Waals surface area contributed by atoms with Gasteiger partial charge in [0.15, 0.2) is 0 Å². The molecule has 1 unspecified atom stereocenters. The van der Waals surface area contributed by atoms with Crippen LogP contribution in [-0.2, 0) is 0 Å². The Kier molecular flexibility index (Phi) is 6.40. The van der Waals surface area contributed by atoms with Crippen LogP contribution in [0.5, 0.6) is 0 Å². The third-order valence-corrected chi connectivity index (χ3v) is 11.5. The zero-order valence-corrected chi connectivity index (χ0v) is 18.1. The molecule has 0 aliphatic carbocycles. The largest absolute Gasteiger partial charge is 0.338 e. The molecule has 0 saturated heterocycles. The first-order valence-electron chi connectivity index (χ1n) is 8.06. The van der Waals surface area contributed by atoms with Gasteiger partial charge in [-0.1, -0.05) is 87.9 Å². The minimum Gasteiger partial charge on any atom is -0.338 e. The van der Waals surface area contributed by atoms with Gasteiger partial charge in [0.1, 0.15) is 8.24 Å². The van der Waals surface area contributed by atoms with Crippen LogP contribution in [0.1, 0.15) is 5.56 Å². The number of hydrogen-bond donors (Lipinski definition) is 1. The lowest BCUT2D eigenvalue weighted by atomic mass is 10.2. The standard InChI is InChI=1S/C17H33NSi3/c1-9-15-10-12-16(13-11-15)21(7,8)14-17(19(2)3)18-20(4,5)6/h9-13,17-19H,1,14H2,2-8H3. The van der Waals surface area contributed by atoms with E-state index in [1.165, 1.54) is 11.6 Å². The third kappa shape index (κ3) is 6.06. The number of hydrogen-bond acceptors (Lipinski definition) is 1. The van der Waals surface area contributed by atoms with Crippen molar-refractivity contribution < 1.29 is 0 Å². The van der Waals surface area contributed by atoms with Crippen molar-refractivity contribution in [2.24, 2.45) is 0 Å². The summed E-state index contributed by atoms with van der Waals surface area (Å²) in [7, 11) is -3.27. The van der Waals surface area contributed by atoms with Gasteiger partial charge in [-0.05, 0) is 17.3 Å². The lowest BCUT2D eigenvalue weighted by molar-refractivity contribution is 0.848. The smallest absolute Gasteiger partial charge is 0.116 e. The quantitative estimate of drug-likeness (QED) is 0.741. The summed E-state index contributed by atoms with van der Waals surface area (Å²) in [6.07, 6.45) is 1.93. The zero-order valence-electron chi connectivity index (χ0n) is 15.0. The first-order chi connectivity index (χ1) is 9.55. The molecule has 0 heterocycles. The molecular weight excluding hydrogens is 302 g/mol. The van der Waals surface area contributed by atoms with Gasteiger partial charge in [-0.2, -0.15) is 0 Å². The molecule has 0 aromatic heterocycles. The Morgan fingerprint density at radius 1 is 1.10 bits per heavy atom. The lowest BCUT2D eigenvalue weighted by Crippen LogP contribution is -2.57. The normalized spacial score (nSPS) is 14.3. The Morgan fingerprint density at radius 2 is 1.62 bits per heavy atom. The maximum Gasteiger partial charge on any atom is 0.116 e. The van der Waals surface area contributed by atoms with Gasteiger partial charge < -0.3 is 4.98 Å². The van der Waals surface area contributed by atoms with Crippen LogP contribution < -0.4 is 10.2 Å². The second-order valence-electron chi connectivity index (χ2n) is 8.16. The average Bonchev–Trinajstić information content (AvgIpc) is 2.36. The van der Waals surface area contributed by atoms with E-state index in [-0.39, 0.29) is 0 Å². The van der Waals surface area contributed by atoms with Crippen LogP contribution >= 0.6 is 0 Å². The topological polar surface area (TPSA) is 12.0 Å². The number of benzene rings is 1. The summed E-state index contributed by atoms with van der Waals surface area (Å²) in [5.74, 6) is 0. The Hall–Kier alpha value is -0.429. The van der Waals surface area contributed by atoms with Gasteiger partial charge in [0, 0.05) is 8.80 Å². The minimum atomic E-state index is -1.38. The maximum absolute atomic E-state index is 4.02. The summed E-state index contributed by atoms with van der Waals surface area (Å²) in [6, 6.07) is 10.5. The first kappa shape index (κ1) is 18.6. The highest BCUT2D eigenvalue weighted by atomic mass is 28.3. The van der Waals surface area contributed by atoms with Crippen LogP contribution in [0.4, 0.5) is 0 Å². The fraction of sp³-hybridized carbons (Fsp3) is 0.529. The Bertz CT molecular complexity index is 458. The predicted octanol–water partition coefficient (Wildman–Crippen LogP) is 4.06. The molecule has 0 saturated carbocycles. The molecule has 0 aliphatic rings. The second kappa shape index (κ2) is 7.22. The van der Waals surface area contributed by atoms with Gasteiger partial charge in [0.25, 0.3) is 0 Å². The third-order valence-electron chi connectivity index (χ3n) is 4.08. The zero-order chi connectivity index (χ0) is 16.3. The lowest BCUT2D eigenvalue weighted by Gasteiger charge is -2.35. The van der Waals surface area contributed by atoms with Crippen molar-refractivity contribution in [2.75, 3.05) is 0 Å². The fourth-order valence-electron chi connectivity index (χ4n) is 2.75. The van der Waals surface area contributed by atoms with Crippen molar-refractivity contribution >= 4 is 36.4 Å². The van der Waals surface area contributed by atoms with Gasteiger partial charge in [0.05, 0.1) is 8.07 Å². The molecule has 0 radical (unpaired) electrons. The summed E-state index contributed by atoms with van der Waals surface area (Å²) in [4.78, 5) is 4.02. The van der Waals surface area contributed by atoms with Crippen molar-refractivity contribution in [3.63, 3.8) is 0 Å². The average molecular weight is 336 g/mol. The van der Waals surface area contributed by atoms with Gasteiger partial charge in [0.2, 0.25) is 0 Å². The van der Waals surface area contributed by atoms with Gasteiger partial charge in [-0.3, -0.25) is 0 Å². The minimum absolute atomic E-state index is 0.682. The Morgan fingerprint density at radius 3 is 2.00 bits per heavy atom. The molecule has 0 amide bonds. The molecule has 0 bridgehead atoms. The fourth-order valence-corrected chi connectivity index (χ4v) is 13.2. The molecule has 0 spiro atoms. The van der Waals surface area contributed by atoms with Crippen molar-refractivity contribution in [1.82, 2.24) is 4.98 Å². The summed E-state index contributed by atoms with van der Waals surface area (Å²) in [5, 5.41) is 1.57. The molecule has 21 heavy (non-hydrogen) atoms. The van der Waals surface area contributed by atoms with Crippen molar-refractivity contribution in [3.8, 4) is 0 Å². The van der Waals surface area contributed by atoms with Crippen LogP contribution in [0.2, 0.25) is 51.9 Å². The molecule has 0 fully saturated rings. The van der Waals surface area contributed by atoms with E-state index >= 15 is 0 Å². The van der Waals surface area contributed by atoms with Crippen LogP contribution in [0.25, 0.3) is 6.08 Å². The second-order valence-corrected chi connectivity index (χ2v) is 21.0. The summed E-state index contributed by atoms with van der Waals surface area (Å²) in [6.45, 7) is 21.1. The molecule has 118 valence electrons. The monoisotopic (exact) mass is 335 g/mol. The Balaban J connectivity index is 2.91. The molecule has 4 heteroatoms. The molecule has 1 aromatic carbocycles. The van der Waals surface area contributed by atoms with Crippen LogP contribution in [0, 0.1) is 0 Å². The van der Waals surface area contributed by atoms with E-state index in [0.717, 1.165) is 5.67 Å². The van der Waals surface area contributed by atoms with Crippen LogP contribution in [0.3, 0.4) is 0 Å². The Labute approximate surface area is 135 Å². The van der Waals surface area contributed by atoms with Crippen LogP contribution in [0.15, 0.2) is 30.8 Å². The summed E-state index contributed by atoms with van der Waals surface area (Å²) < 4.78 is 0. The van der Waals surface area contributed by atoms with Crippen molar-refractivity contribution in [3.05, 3.63) is 36.4 Å². The van der Waals surface area contributed by atoms with E-state index in [1.54, 1.807) is 5.19 Å². The summed E-state index contributed by atoms with van der Waals surface area (Å²) in [5.41, 5.74) is 2.00. The molecule has 1 atom stereocenters. The maximum atomic E-state index is 4.02. The highest BCUT2D eigenvalue weighted by Crippen LogP contribution is 2.17. The van der Waals surface area contributed by atoms with Crippen LogP contribution in [-0.4, -0.2) is 30.8 Å². The van der Waals surface area contributed by atoms with E-state index in [9.17, 15) is 0 Å². The molecule has 1 nitrogen and oxygen atoms in total. The van der Waals surface area contributed by atoms with Gasteiger partial charge in [-0.15, -0.1) is 0 Å². The highest BCUT2D eigenvalue weighted by molar-refractivity contribution is 6.90. The molecule has 1 aromatic rings. The van der Waals surface area contributed by atoms with E-state index in [1.807, 2.05) is 6.08 Å². The SMILES string of the molecule is C=Cc1ccc([Si](C)(C)CC(N[Si](C)(C)C)[SiH](C)C)cc1. The van der Waals surface area contributed by atoms with Gasteiger partial charge >= 0.3 is 0 Å². The number of rotatable bonds is 7. The summed E-state index contributed by atoms with van der Waals surface area (Å²) >= 11 is 0. The highest BCUT2D eigenvalue weighted by Gasteiger charge is 2.31. The van der Waals surface area contributed by atoms with E-state index in [2.05, 4.69) is 81.7 Å². The van der Waals surface area contributed by atoms with Gasteiger partial charge in [-0.25, -0.2) is 0 Å². The molecule has 1 rings (SSSR count). The number of nitrogens with one attached hydrogen (secondary N) is 1. The van der Waals surface area contributed by atoms with E-state index in [0.29, 0.717) is 0 Å². The molecule has 0 aliphatic heterocycles. The predicted molar refractivity (Wildman–Crippen MR) is 108 cm³/mol. The first-order valence-corrected chi connectivity index (χ1v) is 17.7.